The molecule has 1 aromatic carbocycles. The van der Waals surface area contributed by atoms with Gasteiger partial charge >= 0.3 is 0 Å². The Morgan fingerprint density at radius 1 is 1.18 bits per heavy atom. The molecule has 3 aromatic rings. The second kappa shape index (κ2) is 12.3. The number of carbonyl (C=O) groups is 2. The summed E-state index contributed by atoms with van der Waals surface area (Å²) in [5, 5.41) is 6.90. The zero-order chi connectivity index (χ0) is 28.0. The predicted octanol–water partition coefficient (Wildman–Crippen LogP) is 4.06. The van der Waals surface area contributed by atoms with Crippen LogP contribution in [0.2, 0.25) is 0 Å². The van der Waals surface area contributed by atoms with E-state index in [-0.39, 0.29) is 46.2 Å². The Morgan fingerprint density at radius 2 is 1.92 bits per heavy atom. The maximum Gasteiger partial charge on any atom is 0.263 e. The van der Waals surface area contributed by atoms with Crippen LogP contribution in [0, 0.1) is 0 Å². The van der Waals surface area contributed by atoms with Gasteiger partial charge in [-0.1, -0.05) is 6.08 Å². The summed E-state index contributed by atoms with van der Waals surface area (Å²) in [4.78, 5) is 32.8. The summed E-state index contributed by atoms with van der Waals surface area (Å²) in [5.74, 6) is -0.788. The van der Waals surface area contributed by atoms with Gasteiger partial charge in [-0.25, -0.2) is 22.7 Å². The van der Waals surface area contributed by atoms with Crippen molar-refractivity contribution in [1.29, 1.82) is 0 Å². The first kappa shape index (κ1) is 28.2. The van der Waals surface area contributed by atoms with Crippen LogP contribution < -0.4 is 10.1 Å². The van der Waals surface area contributed by atoms with Crippen molar-refractivity contribution in [2.24, 2.45) is 0 Å². The molecule has 9 nitrogen and oxygen atoms in total. The van der Waals surface area contributed by atoms with Crippen LogP contribution in [-0.4, -0.2) is 70.3 Å². The molecule has 0 saturated heterocycles. The fraction of sp³-hybridized carbons (Fsp3) is 0.308. The molecule has 38 heavy (non-hydrogen) atoms. The first-order chi connectivity index (χ1) is 18.0. The summed E-state index contributed by atoms with van der Waals surface area (Å²) in [6.45, 7) is 2.76. The van der Waals surface area contributed by atoms with E-state index in [9.17, 15) is 22.8 Å². The van der Waals surface area contributed by atoms with E-state index in [1.54, 1.807) is 46.4 Å². The van der Waals surface area contributed by atoms with E-state index >= 15 is 0 Å². The third-order valence-corrected chi connectivity index (χ3v) is 5.42. The Balaban J connectivity index is 2.11. The Morgan fingerprint density at radius 3 is 2.55 bits per heavy atom. The van der Waals surface area contributed by atoms with Crippen molar-refractivity contribution in [3.05, 3.63) is 77.5 Å². The molecule has 202 valence electrons. The number of amides is 2. The van der Waals surface area contributed by atoms with Crippen molar-refractivity contribution in [2.45, 2.75) is 26.6 Å². The molecule has 1 atom stereocenters. The second-order valence-electron chi connectivity index (χ2n) is 8.57. The smallest absolute Gasteiger partial charge is 0.263 e. The van der Waals surface area contributed by atoms with E-state index in [1.165, 1.54) is 45.0 Å². The van der Waals surface area contributed by atoms with Gasteiger partial charge in [0.1, 0.15) is 11.3 Å². The van der Waals surface area contributed by atoms with Crippen LogP contribution in [0.5, 0.6) is 5.75 Å². The lowest BCUT2D eigenvalue weighted by Gasteiger charge is -2.22. The van der Waals surface area contributed by atoms with E-state index in [0.29, 0.717) is 5.65 Å². The van der Waals surface area contributed by atoms with E-state index < -0.39 is 18.7 Å². The van der Waals surface area contributed by atoms with Crippen LogP contribution in [0.3, 0.4) is 0 Å². The number of carbonyl (C=O) groups excluding carboxylic acids is 2. The maximum atomic E-state index is 13.8. The molecule has 0 aliphatic rings. The standard InChI is InChI=1S/C26H29F3N6O3/c1-6-18(19-12-17(24(28)29)8-9-22(19)38-16(2)27)21(14-34(5)15-23(36)33(3)4)32-26(37)20-13-31-35-11-7-10-30-25(20)35/h6-14,16,24H,15H2,1-5H3,(H,32,37)/b18-6-,21-14+. The molecule has 2 heterocycles. The summed E-state index contributed by atoms with van der Waals surface area (Å²) < 4.78 is 47.7. The molecule has 0 bridgehead atoms. The highest BCUT2D eigenvalue weighted by Crippen LogP contribution is 2.35. The van der Waals surface area contributed by atoms with Crippen LogP contribution in [0.1, 0.15) is 41.8 Å². The molecule has 3 rings (SSSR count). The van der Waals surface area contributed by atoms with Crippen molar-refractivity contribution < 1.29 is 27.5 Å². The third kappa shape index (κ3) is 6.69. The highest BCUT2D eigenvalue weighted by molar-refractivity contribution is 6.02. The lowest BCUT2D eigenvalue weighted by molar-refractivity contribution is -0.129. The number of hydrogen-bond acceptors (Lipinski definition) is 6. The normalized spacial score (nSPS) is 13.0. The van der Waals surface area contributed by atoms with Crippen LogP contribution in [-0.2, 0) is 4.79 Å². The zero-order valence-corrected chi connectivity index (χ0v) is 21.7. The molecule has 1 N–H and O–H groups in total. The van der Waals surface area contributed by atoms with Gasteiger partial charge in [0.2, 0.25) is 12.3 Å². The predicted molar refractivity (Wildman–Crippen MR) is 136 cm³/mol. The molecule has 0 radical (unpaired) electrons. The number of halogens is 3. The monoisotopic (exact) mass is 530 g/mol. The molecule has 12 heteroatoms. The third-order valence-electron chi connectivity index (χ3n) is 5.42. The van der Waals surface area contributed by atoms with Gasteiger partial charge in [-0.2, -0.15) is 5.10 Å². The van der Waals surface area contributed by atoms with Crippen LogP contribution in [0.4, 0.5) is 13.2 Å². The number of alkyl halides is 3. The van der Waals surface area contributed by atoms with Gasteiger partial charge in [-0.3, -0.25) is 9.59 Å². The zero-order valence-electron chi connectivity index (χ0n) is 21.7. The number of fused-ring (bicyclic) bond motifs is 1. The highest BCUT2D eigenvalue weighted by atomic mass is 19.3. The molecule has 1 unspecified atom stereocenters. The minimum absolute atomic E-state index is 0.00215. The van der Waals surface area contributed by atoms with Crippen LogP contribution in [0.25, 0.3) is 11.2 Å². The van der Waals surface area contributed by atoms with Crippen LogP contribution in [0.15, 0.2) is 60.8 Å². The van der Waals surface area contributed by atoms with Gasteiger partial charge in [0, 0.05) is 63.4 Å². The van der Waals surface area contributed by atoms with Gasteiger partial charge in [-0.15, -0.1) is 0 Å². The van der Waals surface area contributed by atoms with Gasteiger partial charge in [0.25, 0.3) is 12.3 Å². The average Bonchev–Trinajstić information content (AvgIpc) is 3.29. The van der Waals surface area contributed by atoms with Gasteiger partial charge in [0.15, 0.2) is 5.65 Å². The lowest BCUT2D eigenvalue weighted by Crippen LogP contribution is -2.33. The van der Waals surface area contributed by atoms with E-state index in [0.717, 1.165) is 13.0 Å². The minimum atomic E-state index is -2.80. The molecule has 0 fully saturated rings. The van der Waals surface area contributed by atoms with E-state index in [1.807, 2.05) is 0 Å². The molecule has 2 amide bonds. The highest BCUT2D eigenvalue weighted by Gasteiger charge is 2.22. The van der Waals surface area contributed by atoms with Crippen molar-refractivity contribution in [3.8, 4) is 5.75 Å². The van der Waals surface area contributed by atoms with Gasteiger partial charge in [-0.05, 0) is 31.2 Å². The molecule has 0 saturated carbocycles. The summed E-state index contributed by atoms with van der Waals surface area (Å²) in [5.41, 5.74) is 0.708. The number of allylic oxidation sites excluding steroid dienone is 2. The van der Waals surface area contributed by atoms with E-state index in [4.69, 9.17) is 4.74 Å². The van der Waals surface area contributed by atoms with Gasteiger partial charge in [0.05, 0.1) is 18.4 Å². The minimum Gasteiger partial charge on any atom is -0.460 e. The summed E-state index contributed by atoms with van der Waals surface area (Å²) >= 11 is 0. The molecule has 0 aliphatic heterocycles. The number of aromatic nitrogens is 3. The first-order valence-electron chi connectivity index (χ1n) is 11.6. The fourth-order valence-electron chi connectivity index (χ4n) is 3.59. The van der Waals surface area contributed by atoms with Crippen molar-refractivity contribution in [2.75, 3.05) is 27.7 Å². The SMILES string of the molecule is C/C=C(\C(=C/N(C)CC(=O)N(C)C)NC(=O)c1cnn2cccnc12)c1cc(C(F)F)ccc1OC(C)F. The van der Waals surface area contributed by atoms with Crippen molar-refractivity contribution in [1.82, 2.24) is 29.7 Å². The topological polar surface area (TPSA) is 92.1 Å². The second-order valence-corrected chi connectivity index (χ2v) is 8.57. The number of rotatable bonds is 10. The summed E-state index contributed by atoms with van der Waals surface area (Å²) in [7, 11) is 4.83. The van der Waals surface area contributed by atoms with Crippen LogP contribution >= 0.6 is 0 Å². The molecular weight excluding hydrogens is 501 g/mol. The first-order valence-corrected chi connectivity index (χ1v) is 11.6. The maximum absolute atomic E-state index is 13.8. The number of nitrogens with zero attached hydrogens (tertiary/aromatic N) is 5. The molecular formula is C26H29F3N6O3. The number of hydrogen-bond donors (Lipinski definition) is 1. The lowest BCUT2D eigenvalue weighted by atomic mass is 9.98. The Kier molecular flexibility index (Phi) is 9.11. The largest absolute Gasteiger partial charge is 0.460 e. The number of likely N-dealkylation sites (N-methyl/N-ethyl adjacent to an activating group) is 2. The molecule has 0 spiro atoms. The number of ether oxygens (including phenoxy) is 1. The Hall–Kier alpha value is -4.35. The molecule has 0 aliphatic carbocycles. The van der Waals surface area contributed by atoms with Crippen molar-refractivity contribution in [3.63, 3.8) is 0 Å². The fourth-order valence-corrected chi connectivity index (χ4v) is 3.59. The summed E-state index contributed by atoms with van der Waals surface area (Å²) in [6.07, 6.45) is 3.03. The van der Waals surface area contributed by atoms with E-state index in [2.05, 4.69) is 15.4 Å². The number of nitrogens with one attached hydrogen (secondary N) is 1. The molecule has 2 aromatic heterocycles. The summed E-state index contributed by atoms with van der Waals surface area (Å²) in [6, 6.07) is 5.24. The Bertz CT molecular complexity index is 1370. The quantitative estimate of drug-likeness (QED) is 0.398. The average molecular weight is 531 g/mol. The number of benzene rings is 1. The van der Waals surface area contributed by atoms with Gasteiger partial charge < -0.3 is 19.9 Å². The van der Waals surface area contributed by atoms with Crippen molar-refractivity contribution >= 4 is 23.0 Å². The Labute approximate surface area is 218 Å².